The molecule has 0 aliphatic carbocycles. The van der Waals surface area contributed by atoms with Crippen LogP contribution >= 0.6 is 0 Å². The van der Waals surface area contributed by atoms with Crippen molar-refractivity contribution in [1.82, 2.24) is 14.5 Å². The van der Waals surface area contributed by atoms with Gasteiger partial charge in [0.1, 0.15) is 5.82 Å². The first-order chi connectivity index (χ1) is 11.2. The van der Waals surface area contributed by atoms with Crippen molar-refractivity contribution in [1.29, 1.82) is 0 Å². The minimum atomic E-state index is 0.687. The van der Waals surface area contributed by atoms with Gasteiger partial charge >= 0.3 is 0 Å². The molecule has 3 rings (SSSR count). The number of aromatic nitrogens is 2. The standard InChI is InChI=1S/C19H24N4/c1-22(2)14-15-7-5-8-16(13-15)19-21-17-9-3-4-10-18(17)23(19)12-6-11-20/h3-5,7-10,13H,6,11-12,14,20H2,1-2H3. The first-order valence-electron chi connectivity index (χ1n) is 8.08. The highest BCUT2D eigenvalue weighted by Crippen LogP contribution is 2.26. The topological polar surface area (TPSA) is 47.1 Å². The van der Waals surface area contributed by atoms with E-state index in [1.54, 1.807) is 0 Å². The third-order valence-corrected chi connectivity index (χ3v) is 3.92. The van der Waals surface area contributed by atoms with E-state index in [2.05, 4.69) is 66.0 Å². The average Bonchev–Trinajstić information content (AvgIpc) is 2.91. The van der Waals surface area contributed by atoms with Gasteiger partial charge in [0.05, 0.1) is 11.0 Å². The number of para-hydroxylation sites is 2. The number of benzene rings is 2. The summed E-state index contributed by atoms with van der Waals surface area (Å²) in [5, 5.41) is 0. The fourth-order valence-electron chi connectivity index (χ4n) is 2.95. The van der Waals surface area contributed by atoms with Gasteiger partial charge in [0.2, 0.25) is 0 Å². The van der Waals surface area contributed by atoms with Crippen LogP contribution in [0.2, 0.25) is 0 Å². The molecule has 0 unspecified atom stereocenters. The molecule has 0 radical (unpaired) electrons. The fraction of sp³-hybridized carbons (Fsp3) is 0.316. The molecular formula is C19H24N4. The minimum Gasteiger partial charge on any atom is -0.330 e. The van der Waals surface area contributed by atoms with Crippen molar-refractivity contribution < 1.29 is 0 Å². The van der Waals surface area contributed by atoms with Crippen LogP contribution in [-0.4, -0.2) is 35.1 Å². The highest BCUT2D eigenvalue weighted by molar-refractivity contribution is 5.80. The minimum absolute atomic E-state index is 0.687. The van der Waals surface area contributed by atoms with Crippen molar-refractivity contribution >= 4 is 11.0 Å². The van der Waals surface area contributed by atoms with Crippen molar-refractivity contribution in [3.8, 4) is 11.4 Å². The van der Waals surface area contributed by atoms with Crippen LogP contribution in [0.25, 0.3) is 22.4 Å². The van der Waals surface area contributed by atoms with Crippen LogP contribution in [-0.2, 0) is 13.1 Å². The molecule has 4 heteroatoms. The fourth-order valence-corrected chi connectivity index (χ4v) is 2.95. The second-order valence-corrected chi connectivity index (χ2v) is 6.16. The number of nitrogens with two attached hydrogens (primary N) is 1. The van der Waals surface area contributed by atoms with Crippen LogP contribution in [0.15, 0.2) is 48.5 Å². The SMILES string of the molecule is CN(C)Cc1cccc(-c2nc3ccccc3n2CCCN)c1. The summed E-state index contributed by atoms with van der Waals surface area (Å²) in [4.78, 5) is 7.04. The molecule has 0 saturated heterocycles. The largest absolute Gasteiger partial charge is 0.330 e. The van der Waals surface area contributed by atoms with E-state index in [-0.39, 0.29) is 0 Å². The zero-order valence-electron chi connectivity index (χ0n) is 13.9. The van der Waals surface area contributed by atoms with E-state index < -0.39 is 0 Å². The molecule has 120 valence electrons. The number of nitrogens with zero attached hydrogens (tertiary/aromatic N) is 3. The van der Waals surface area contributed by atoms with Crippen LogP contribution in [0.3, 0.4) is 0 Å². The van der Waals surface area contributed by atoms with Crippen molar-refractivity contribution in [3.05, 3.63) is 54.1 Å². The van der Waals surface area contributed by atoms with Crippen LogP contribution in [0.5, 0.6) is 0 Å². The van der Waals surface area contributed by atoms with Gasteiger partial charge in [-0.25, -0.2) is 4.98 Å². The van der Waals surface area contributed by atoms with Crippen molar-refractivity contribution in [2.24, 2.45) is 5.73 Å². The Hall–Kier alpha value is -2.17. The van der Waals surface area contributed by atoms with E-state index in [1.165, 1.54) is 11.1 Å². The summed E-state index contributed by atoms with van der Waals surface area (Å²) < 4.78 is 2.29. The molecule has 0 fully saturated rings. The number of hydrogen-bond donors (Lipinski definition) is 1. The van der Waals surface area contributed by atoms with E-state index in [1.807, 2.05) is 6.07 Å². The summed E-state index contributed by atoms with van der Waals surface area (Å²) in [5.41, 5.74) is 10.4. The number of aryl methyl sites for hydroxylation is 1. The number of hydrogen-bond acceptors (Lipinski definition) is 3. The lowest BCUT2D eigenvalue weighted by molar-refractivity contribution is 0.402. The summed E-state index contributed by atoms with van der Waals surface area (Å²) in [5.74, 6) is 1.03. The third-order valence-electron chi connectivity index (χ3n) is 3.92. The maximum absolute atomic E-state index is 5.72. The monoisotopic (exact) mass is 308 g/mol. The van der Waals surface area contributed by atoms with Gasteiger partial charge in [0.15, 0.2) is 0 Å². The third kappa shape index (κ3) is 3.44. The zero-order valence-corrected chi connectivity index (χ0v) is 13.9. The number of fused-ring (bicyclic) bond motifs is 1. The Bertz CT molecular complexity index is 789. The van der Waals surface area contributed by atoms with Gasteiger partial charge in [0, 0.05) is 18.7 Å². The van der Waals surface area contributed by atoms with Gasteiger partial charge < -0.3 is 15.2 Å². The Balaban J connectivity index is 2.07. The first kappa shape index (κ1) is 15.7. The molecule has 23 heavy (non-hydrogen) atoms. The lowest BCUT2D eigenvalue weighted by Crippen LogP contribution is -2.11. The molecule has 1 aromatic heterocycles. The summed E-state index contributed by atoms with van der Waals surface area (Å²) in [7, 11) is 4.17. The molecule has 4 nitrogen and oxygen atoms in total. The maximum Gasteiger partial charge on any atom is 0.141 e. The zero-order chi connectivity index (χ0) is 16.2. The number of imidazole rings is 1. The molecule has 0 spiro atoms. The van der Waals surface area contributed by atoms with Gasteiger partial charge in [-0.3, -0.25) is 0 Å². The lowest BCUT2D eigenvalue weighted by Gasteiger charge is -2.12. The van der Waals surface area contributed by atoms with Crippen LogP contribution in [0.1, 0.15) is 12.0 Å². The predicted molar refractivity (Wildman–Crippen MR) is 96.2 cm³/mol. The van der Waals surface area contributed by atoms with Gasteiger partial charge in [-0.2, -0.15) is 0 Å². The maximum atomic E-state index is 5.72. The molecule has 0 saturated carbocycles. The summed E-state index contributed by atoms with van der Waals surface area (Å²) in [6.45, 7) is 2.51. The summed E-state index contributed by atoms with van der Waals surface area (Å²) in [6, 6.07) is 17.0. The van der Waals surface area contributed by atoms with Gasteiger partial charge in [-0.15, -0.1) is 0 Å². The average molecular weight is 308 g/mol. The molecule has 0 atom stereocenters. The quantitative estimate of drug-likeness (QED) is 0.761. The van der Waals surface area contributed by atoms with E-state index in [0.29, 0.717) is 6.54 Å². The lowest BCUT2D eigenvalue weighted by atomic mass is 10.1. The smallest absolute Gasteiger partial charge is 0.141 e. The predicted octanol–water partition coefficient (Wildman–Crippen LogP) is 3.11. The van der Waals surface area contributed by atoms with Crippen LogP contribution in [0.4, 0.5) is 0 Å². The molecular weight excluding hydrogens is 284 g/mol. The van der Waals surface area contributed by atoms with E-state index in [9.17, 15) is 0 Å². The molecule has 3 aromatic rings. The van der Waals surface area contributed by atoms with Gasteiger partial charge in [-0.05, 0) is 50.8 Å². The summed E-state index contributed by atoms with van der Waals surface area (Å²) in [6.07, 6.45) is 0.949. The van der Waals surface area contributed by atoms with E-state index in [0.717, 1.165) is 36.4 Å². The molecule has 1 heterocycles. The Labute approximate surface area is 137 Å². The first-order valence-corrected chi connectivity index (χ1v) is 8.08. The normalized spacial score (nSPS) is 11.5. The van der Waals surface area contributed by atoms with Crippen LogP contribution in [0, 0.1) is 0 Å². The van der Waals surface area contributed by atoms with Gasteiger partial charge in [0.25, 0.3) is 0 Å². The molecule has 0 aliphatic heterocycles. The summed E-state index contributed by atoms with van der Waals surface area (Å²) >= 11 is 0. The Kier molecular flexibility index (Phi) is 4.74. The Morgan fingerprint density at radius 1 is 1.09 bits per heavy atom. The highest BCUT2D eigenvalue weighted by Gasteiger charge is 2.12. The molecule has 2 aromatic carbocycles. The molecule has 0 amide bonds. The molecule has 0 bridgehead atoms. The Morgan fingerprint density at radius 2 is 1.91 bits per heavy atom. The molecule has 0 aliphatic rings. The van der Waals surface area contributed by atoms with E-state index in [4.69, 9.17) is 10.7 Å². The van der Waals surface area contributed by atoms with Crippen molar-refractivity contribution in [2.45, 2.75) is 19.5 Å². The van der Waals surface area contributed by atoms with Crippen molar-refractivity contribution in [3.63, 3.8) is 0 Å². The highest BCUT2D eigenvalue weighted by atomic mass is 15.1. The van der Waals surface area contributed by atoms with E-state index >= 15 is 0 Å². The van der Waals surface area contributed by atoms with Crippen LogP contribution < -0.4 is 5.73 Å². The second-order valence-electron chi connectivity index (χ2n) is 6.16. The second kappa shape index (κ2) is 6.94. The Morgan fingerprint density at radius 3 is 2.70 bits per heavy atom. The molecule has 2 N–H and O–H groups in total. The van der Waals surface area contributed by atoms with Gasteiger partial charge in [-0.1, -0.05) is 30.3 Å². The van der Waals surface area contributed by atoms with Crippen molar-refractivity contribution in [2.75, 3.05) is 20.6 Å². The number of rotatable bonds is 6.